The third-order valence-electron chi connectivity index (χ3n) is 3.70. The second-order valence-corrected chi connectivity index (χ2v) is 5.11. The highest BCUT2D eigenvalue weighted by Gasteiger charge is 2.13. The predicted octanol–water partition coefficient (Wildman–Crippen LogP) is 3.14. The van der Waals surface area contributed by atoms with Crippen LogP contribution in [0.4, 0.5) is 5.69 Å². The molecule has 0 fully saturated rings. The normalized spacial score (nSPS) is 10.7. The van der Waals surface area contributed by atoms with Crippen LogP contribution in [-0.4, -0.2) is 22.8 Å². The number of nitrogens with one attached hydrogen (secondary N) is 1. The quantitative estimate of drug-likeness (QED) is 0.807. The van der Waals surface area contributed by atoms with Gasteiger partial charge in [-0.2, -0.15) is 5.10 Å². The molecule has 1 amide bonds. The van der Waals surface area contributed by atoms with Crippen LogP contribution in [0.1, 0.15) is 16.2 Å². The van der Waals surface area contributed by atoms with Crippen molar-refractivity contribution in [2.75, 3.05) is 12.4 Å². The summed E-state index contributed by atoms with van der Waals surface area (Å²) in [6.07, 6.45) is 0. The molecule has 0 spiro atoms. The van der Waals surface area contributed by atoms with Crippen LogP contribution < -0.4 is 10.1 Å². The largest absolute Gasteiger partial charge is 0.496 e. The topological polar surface area (TPSA) is 56.1 Å². The molecule has 5 nitrogen and oxygen atoms in total. The Morgan fingerprint density at radius 3 is 2.55 bits per heavy atom. The van der Waals surface area contributed by atoms with Crippen molar-refractivity contribution < 1.29 is 9.53 Å². The van der Waals surface area contributed by atoms with Gasteiger partial charge in [-0.3, -0.25) is 9.48 Å². The molecule has 1 aromatic heterocycles. The average Bonchev–Trinajstić information content (AvgIpc) is 2.87. The van der Waals surface area contributed by atoms with E-state index in [1.165, 1.54) is 0 Å². The van der Waals surface area contributed by atoms with Gasteiger partial charge < -0.3 is 10.1 Å². The maximum Gasteiger partial charge on any atom is 0.276 e. The van der Waals surface area contributed by atoms with Crippen molar-refractivity contribution >= 4 is 22.4 Å². The van der Waals surface area contributed by atoms with E-state index in [-0.39, 0.29) is 5.91 Å². The lowest BCUT2D eigenvalue weighted by atomic mass is 10.1. The Balaban J connectivity index is 1.99. The summed E-state index contributed by atoms with van der Waals surface area (Å²) in [5, 5.41) is 9.01. The van der Waals surface area contributed by atoms with E-state index >= 15 is 0 Å². The van der Waals surface area contributed by atoms with Crippen LogP contribution in [0.15, 0.2) is 42.5 Å². The van der Waals surface area contributed by atoms with E-state index in [1.54, 1.807) is 17.9 Å². The molecule has 0 atom stereocenters. The molecule has 0 aliphatic heterocycles. The van der Waals surface area contributed by atoms with E-state index in [2.05, 4.69) is 10.4 Å². The Hall–Kier alpha value is -2.82. The third kappa shape index (κ3) is 2.41. The summed E-state index contributed by atoms with van der Waals surface area (Å²) in [7, 11) is 3.45. The number of hydrogen-bond donors (Lipinski definition) is 1. The van der Waals surface area contributed by atoms with Crippen LogP contribution in [0.3, 0.4) is 0 Å². The van der Waals surface area contributed by atoms with Crippen molar-refractivity contribution in [3.8, 4) is 5.75 Å². The Morgan fingerprint density at radius 2 is 1.91 bits per heavy atom. The van der Waals surface area contributed by atoms with E-state index in [0.717, 1.165) is 27.9 Å². The lowest BCUT2D eigenvalue weighted by Gasteiger charge is -2.11. The van der Waals surface area contributed by atoms with E-state index in [9.17, 15) is 4.79 Å². The van der Waals surface area contributed by atoms with E-state index in [0.29, 0.717) is 5.69 Å². The number of carbonyl (C=O) groups is 1. The second-order valence-electron chi connectivity index (χ2n) is 5.11. The summed E-state index contributed by atoms with van der Waals surface area (Å²) < 4.78 is 7.04. The SMILES string of the molecule is COc1ccc(NC(=O)c2cc(C)n(C)n2)c2ccccc12. The van der Waals surface area contributed by atoms with Gasteiger partial charge in [0.05, 0.1) is 7.11 Å². The highest BCUT2D eigenvalue weighted by molar-refractivity contribution is 6.09. The standard InChI is InChI=1S/C17H17N3O2/c1-11-10-15(19-20(11)2)17(21)18-14-8-9-16(22-3)13-7-5-4-6-12(13)14/h4-10H,1-3H3,(H,18,21). The van der Waals surface area contributed by atoms with Gasteiger partial charge in [0.15, 0.2) is 5.69 Å². The number of aryl methyl sites for hydroxylation is 2. The molecule has 0 aliphatic rings. The predicted molar refractivity (Wildman–Crippen MR) is 86.4 cm³/mol. The summed E-state index contributed by atoms with van der Waals surface area (Å²) in [5.74, 6) is 0.557. The number of ether oxygens (including phenoxy) is 1. The maximum absolute atomic E-state index is 12.4. The van der Waals surface area contributed by atoms with E-state index in [1.807, 2.05) is 50.4 Å². The molecule has 0 unspecified atom stereocenters. The maximum atomic E-state index is 12.4. The van der Waals surface area contributed by atoms with Gasteiger partial charge in [-0.25, -0.2) is 0 Å². The van der Waals surface area contributed by atoms with Crippen LogP contribution in [0, 0.1) is 6.92 Å². The minimum Gasteiger partial charge on any atom is -0.496 e. The number of hydrogen-bond acceptors (Lipinski definition) is 3. The van der Waals surface area contributed by atoms with Crippen LogP contribution in [-0.2, 0) is 7.05 Å². The van der Waals surface area contributed by atoms with Gasteiger partial charge in [-0.05, 0) is 25.1 Å². The number of nitrogens with zero attached hydrogens (tertiary/aromatic N) is 2. The fraction of sp³-hybridized carbons (Fsp3) is 0.176. The molecule has 3 rings (SSSR count). The monoisotopic (exact) mass is 295 g/mol. The number of methoxy groups -OCH3 is 1. The Labute approximate surface area is 128 Å². The summed E-state index contributed by atoms with van der Waals surface area (Å²) in [4.78, 5) is 12.4. The number of benzene rings is 2. The molecular formula is C17H17N3O2. The molecule has 5 heteroatoms. The van der Waals surface area contributed by atoms with Crippen molar-refractivity contribution in [2.24, 2.45) is 7.05 Å². The van der Waals surface area contributed by atoms with Gasteiger partial charge in [0.2, 0.25) is 0 Å². The van der Waals surface area contributed by atoms with Crippen molar-refractivity contribution in [2.45, 2.75) is 6.92 Å². The average molecular weight is 295 g/mol. The van der Waals surface area contributed by atoms with Gasteiger partial charge in [0.25, 0.3) is 5.91 Å². The first-order valence-corrected chi connectivity index (χ1v) is 6.98. The van der Waals surface area contributed by atoms with E-state index in [4.69, 9.17) is 4.74 Å². The molecule has 0 saturated carbocycles. The van der Waals surface area contributed by atoms with Crippen LogP contribution in [0.2, 0.25) is 0 Å². The van der Waals surface area contributed by atoms with Crippen molar-refractivity contribution in [1.82, 2.24) is 9.78 Å². The van der Waals surface area contributed by atoms with Crippen molar-refractivity contribution in [3.05, 3.63) is 53.9 Å². The van der Waals surface area contributed by atoms with Crippen LogP contribution >= 0.6 is 0 Å². The zero-order valence-corrected chi connectivity index (χ0v) is 12.8. The summed E-state index contributed by atoms with van der Waals surface area (Å²) in [6.45, 7) is 1.91. The molecule has 0 bridgehead atoms. The minimum absolute atomic E-state index is 0.223. The molecule has 1 N–H and O–H groups in total. The van der Waals surface area contributed by atoms with Gasteiger partial charge in [0.1, 0.15) is 5.75 Å². The lowest BCUT2D eigenvalue weighted by Crippen LogP contribution is -2.13. The number of carbonyl (C=O) groups excluding carboxylic acids is 1. The first-order chi connectivity index (χ1) is 10.6. The summed E-state index contributed by atoms with van der Waals surface area (Å²) in [5.41, 5.74) is 2.08. The summed E-state index contributed by atoms with van der Waals surface area (Å²) in [6, 6.07) is 13.3. The van der Waals surface area contributed by atoms with Crippen molar-refractivity contribution in [1.29, 1.82) is 0 Å². The number of rotatable bonds is 3. The summed E-state index contributed by atoms with van der Waals surface area (Å²) >= 11 is 0. The van der Waals surface area contributed by atoms with Gasteiger partial charge in [0, 0.05) is 29.2 Å². The molecule has 0 aliphatic carbocycles. The molecular weight excluding hydrogens is 278 g/mol. The fourth-order valence-electron chi connectivity index (χ4n) is 2.42. The van der Waals surface area contributed by atoms with Crippen LogP contribution in [0.25, 0.3) is 10.8 Å². The third-order valence-corrected chi connectivity index (χ3v) is 3.70. The van der Waals surface area contributed by atoms with E-state index < -0.39 is 0 Å². The molecule has 0 radical (unpaired) electrons. The molecule has 22 heavy (non-hydrogen) atoms. The number of aromatic nitrogens is 2. The Kier molecular flexibility index (Phi) is 3.55. The molecule has 1 heterocycles. The number of anilines is 1. The highest BCUT2D eigenvalue weighted by Crippen LogP contribution is 2.31. The zero-order valence-electron chi connectivity index (χ0n) is 12.8. The molecule has 3 aromatic rings. The molecule has 0 saturated heterocycles. The zero-order chi connectivity index (χ0) is 15.7. The van der Waals surface area contributed by atoms with Crippen LogP contribution in [0.5, 0.6) is 5.75 Å². The fourth-order valence-corrected chi connectivity index (χ4v) is 2.42. The highest BCUT2D eigenvalue weighted by atomic mass is 16.5. The second kappa shape index (κ2) is 5.52. The Morgan fingerprint density at radius 1 is 1.18 bits per heavy atom. The first kappa shape index (κ1) is 14.1. The molecule has 2 aromatic carbocycles. The first-order valence-electron chi connectivity index (χ1n) is 6.98. The number of fused-ring (bicyclic) bond motifs is 1. The Bertz CT molecular complexity index is 833. The number of amides is 1. The smallest absolute Gasteiger partial charge is 0.276 e. The lowest BCUT2D eigenvalue weighted by molar-refractivity contribution is 0.102. The van der Waals surface area contributed by atoms with Gasteiger partial charge in [-0.1, -0.05) is 24.3 Å². The molecule has 112 valence electrons. The van der Waals surface area contributed by atoms with Crippen molar-refractivity contribution in [3.63, 3.8) is 0 Å². The van der Waals surface area contributed by atoms with Gasteiger partial charge in [-0.15, -0.1) is 0 Å². The minimum atomic E-state index is -0.223. The van der Waals surface area contributed by atoms with Gasteiger partial charge >= 0.3 is 0 Å².